The Balaban J connectivity index is 1.72. The van der Waals surface area contributed by atoms with Crippen LogP contribution in [0.3, 0.4) is 0 Å². The van der Waals surface area contributed by atoms with Crippen LogP contribution in [0.25, 0.3) is 0 Å². The lowest BCUT2D eigenvalue weighted by Crippen LogP contribution is -2.52. The maximum absolute atomic E-state index is 13.7. The zero-order chi connectivity index (χ0) is 22.6. The van der Waals surface area contributed by atoms with E-state index in [1.807, 2.05) is 0 Å². The van der Waals surface area contributed by atoms with Crippen molar-refractivity contribution in [3.8, 4) is 5.75 Å². The fourth-order valence-corrected chi connectivity index (χ4v) is 3.44. The summed E-state index contributed by atoms with van der Waals surface area (Å²) in [6, 6.07) is 10.5. The van der Waals surface area contributed by atoms with Crippen molar-refractivity contribution < 1.29 is 27.5 Å². The molecule has 2 aromatic carbocycles. The molecule has 0 saturated heterocycles. The third-order valence-electron chi connectivity index (χ3n) is 4.72. The number of benzene rings is 2. The Morgan fingerprint density at radius 1 is 1.26 bits per heavy atom. The van der Waals surface area contributed by atoms with E-state index in [1.165, 1.54) is 18.2 Å². The van der Waals surface area contributed by atoms with Crippen LogP contribution in [-0.2, 0) is 9.59 Å². The molecule has 1 atom stereocenters. The molecule has 166 valence electrons. The normalized spacial score (nSPS) is 16.5. The van der Waals surface area contributed by atoms with Gasteiger partial charge in [-0.2, -0.15) is 13.2 Å². The van der Waals surface area contributed by atoms with Crippen LogP contribution in [0, 0.1) is 0 Å². The first-order valence-corrected chi connectivity index (χ1v) is 9.87. The number of carbonyl (C=O) groups excluding carboxylic acids is 2. The van der Waals surface area contributed by atoms with E-state index in [9.17, 15) is 22.8 Å². The van der Waals surface area contributed by atoms with Gasteiger partial charge < -0.3 is 10.1 Å². The van der Waals surface area contributed by atoms with Gasteiger partial charge >= 0.3 is 6.18 Å². The zero-order valence-electron chi connectivity index (χ0n) is 16.7. The number of fused-ring (bicyclic) bond motifs is 1. The number of hydrogen-bond donors (Lipinski definition) is 1. The Morgan fingerprint density at radius 3 is 2.71 bits per heavy atom. The van der Waals surface area contributed by atoms with Crippen molar-refractivity contribution in [2.45, 2.75) is 18.6 Å². The summed E-state index contributed by atoms with van der Waals surface area (Å²) in [6.45, 7) is 0.221. The van der Waals surface area contributed by atoms with Crippen molar-refractivity contribution in [3.63, 3.8) is 0 Å². The molecule has 6 nitrogen and oxygen atoms in total. The first-order valence-electron chi connectivity index (χ1n) is 9.49. The predicted octanol–water partition coefficient (Wildman–Crippen LogP) is 3.96. The number of carbonyl (C=O) groups is 2. The number of hydrogen-bond acceptors (Lipinski definition) is 4. The number of para-hydroxylation sites is 2. The Morgan fingerprint density at radius 2 is 2.00 bits per heavy atom. The molecule has 0 fully saturated rings. The molecular weight excluding hydrogens is 435 g/mol. The number of nitrogens with zero attached hydrogens (tertiary/aromatic N) is 2. The number of halogens is 4. The highest BCUT2D eigenvalue weighted by molar-refractivity contribution is 6.30. The molecule has 3 rings (SSSR count). The quantitative estimate of drug-likeness (QED) is 0.716. The van der Waals surface area contributed by atoms with Crippen molar-refractivity contribution in [2.75, 3.05) is 37.0 Å². The second kappa shape index (κ2) is 9.57. The Hall–Kier alpha value is -2.78. The smallest absolute Gasteiger partial charge is 0.409 e. The second-order valence-electron chi connectivity index (χ2n) is 7.13. The maximum Gasteiger partial charge on any atom is 0.409 e. The van der Waals surface area contributed by atoms with Gasteiger partial charge in [0.05, 0.1) is 24.3 Å². The molecule has 0 aromatic heterocycles. The minimum Gasteiger partial charge on any atom is -0.492 e. The fraction of sp³-hybridized carbons (Fsp3) is 0.333. The van der Waals surface area contributed by atoms with Crippen LogP contribution in [0.4, 0.5) is 24.5 Å². The lowest BCUT2D eigenvalue weighted by molar-refractivity contribution is -0.158. The van der Waals surface area contributed by atoms with Gasteiger partial charge in [0.1, 0.15) is 18.4 Å². The summed E-state index contributed by atoms with van der Waals surface area (Å²) in [6.07, 6.45) is -5.63. The van der Waals surface area contributed by atoms with Crippen LogP contribution < -0.4 is 15.0 Å². The van der Waals surface area contributed by atoms with Crippen molar-refractivity contribution in [2.24, 2.45) is 0 Å². The van der Waals surface area contributed by atoms with E-state index in [-0.39, 0.29) is 24.5 Å². The molecule has 2 amide bonds. The molecule has 1 heterocycles. The Bertz CT molecular complexity index is 955. The van der Waals surface area contributed by atoms with E-state index in [4.69, 9.17) is 16.3 Å². The van der Waals surface area contributed by atoms with Crippen molar-refractivity contribution >= 4 is 34.8 Å². The summed E-state index contributed by atoms with van der Waals surface area (Å²) >= 11 is 5.89. The number of alkyl halides is 3. The van der Waals surface area contributed by atoms with Gasteiger partial charge in [0, 0.05) is 11.6 Å². The van der Waals surface area contributed by atoms with Gasteiger partial charge in [0.15, 0.2) is 0 Å². The Kier molecular flexibility index (Phi) is 7.07. The highest BCUT2D eigenvalue weighted by atomic mass is 35.5. The molecule has 0 saturated carbocycles. The van der Waals surface area contributed by atoms with Gasteiger partial charge in [-0.3, -0.25) is 19.4 Å². The summed E-state index contributed by atoms with van der Waals surface area (Å²) in [4.78, 5) is 27.2. The van der Waals surface area contributed by atoms with Crippen molar-refractivity contribution in [1.29, 1.82) is 0 Å². The molecule has 10 heteroatoms. The molecule has 0 radical (unpaired) electrons. The monoisotopic (exact) mass is 455 g/mol. The van der Waals surface area contributed by atoms with Crippen LogP contribution in [0.2, 0.25) is 5.02 Å². The molecule has 1 aliphatic heterocycles. The molecule has 0 spiro atoms. The summed E-state index contributed by atoms with van der Waals surface area (Å²) in [7, 11) is 1.61. The topological polar surface area (TPSA) is 61.9 Å². The second-order valence-corrected chi connectivity index (χ2v) is 7.57. The van der Waals surface area contributed by atoms with E-state index >= 15 is 0 Å². The van der Waals surface area contributed by atoms with E-state index < -0.39 is 30.5 Å². The number of anilines is 2. The van der Waals surface area contributed by atoms with E-state index in [2.05, 4.69) is 5.32 Å². The summed E-state index contributed by atoms with van der Waals surface area (Å²) < 4.78 is 46.8. The first kappa shape index (κ1) is 22.9. The molecule has 1 N–H and O–H groups in total. The third kappa shape index (κ3) is 5.89. The lowest BCUT2D eigenvalue weighted by atomic mass is 10.1. The van der Waals surface area contributed by atoms with Crippen LogP contribution >= 0.6 is 11.6 Å². The minimum absolute atomic E-state index is 0.0178. The average molecular weight is 456 g/mol. The molecule has 2 aromatic rings. The summed E-state index contributed by atoms with van der Waals surface area (Å²) in [5.74, 6) is -1.01. The summed E-state index contributed by atoms with van der Waals surface area (Å²) in [5.41, 5.74) is 0.184. The van der Waals surface area contributed by atoms with Gasteiger partial charge in [-0.05, 0) is 37.4 Å². The van der Waals surface area contributed by atoms with Gasteiger partial charge in [-0.1, -0.05) is 29.8 Å². The van der Waals surface area contributed by atoms with Crippen molar-refractivity contribution in [1.82, 2.24) is 4.90 Å². The SMILES string of the molecule is CN(CCOc1cccc(Cl)c1)CC(=O)N1c2ccccc2NC(=O)CC1C(F)(F)F. The fourth-order valence-electron chi connectivity index (χ4n) is 3.26. The molecule has 0 aliphatic carbocycles. The molecule has 1 aliphatic rings. The molecular formula is C21H21ClF3N3O3. The first-order chi connectivity index (χ1) is 14.6. The van der Waals surface area contributed by atoms with Gasteiger partial charge in [-0.25, -0.2) is 0 Å². The highest BCUT2D eigenvalue weighted by Crippen LogP contribution is 2.37. The number of ether oxygens (including phenoxy) is 1. The third-order valence-corrected chi connectivity index (χ3v) is 4.95. The maximum atomic E-state index is 13.7. The number of rotatable bonds is 6. The lowest BCUT2D eigenvalue weighted by Gasteiger charge is -2.32. The number of nitrogens with one attached hydrogen (secondary N) is 1. The standard InChI is InChI=1S/C21H21ClF3N3O3/c1-27(9-10-31-15-6-4-5-14(22)11-15)13-20(30)28-17-8-3-2-7-16(17)26-19(29)12-18(28)21(23,24)25/h2-8,11,18H,9-10,12-13H2,1H3,(H,26,29). The summed E-state index contributed by atoms with van der Waals surface area (Å²) in [5, 5.41) is 2.96. The van der Waals surface area contributed by atoms with E-state index in [0.717, 1.165) is 0 Å². The van der Waals surface area contributed by atoms with Crippen LogP contribution in [0.15, 0.2) is 48.5 Å². The molecule has 0 bridgehead atoms. The van der Waals surface area contributed by atoms with Gasteiger partial charge in [0.2, 0.25) is 11.8 Å². The largest absolute Gasteiger partial charge is 0.492 e. The van der Waals surface area contributed by atoms with E-state index in [0.29, 0.717) is 22.2 Å². The van der Waals surface area contributed by atoms with Crippen LogP contribution in [-0.4, -0.2) is 55.7 Å². The number of likely N-dealkylation sites (N-methyl/N-ethyl adjacent to an activating group) is 1. The van der Waals surface area contributed by atoms with Crippen molar-refractivity contribution in [3.05, 3.63) is 53.6 Å². The molecule has 1 unspecified atom stereocenters. The minimum atomic E-state index is -4.77. The highest BCUT2D eigenvalue weighted by Gasteiger charge is 2.49. The van der Waals surface area contributed by atoms with Crippen LogP contribution in [0.5, 0.6) is 5.75 Å². The van der Waals surface area contributed by atoms with Crippen LogP contribution in [0.1, 0.15) is 6.42 Å². The number of amides is 2. The van der Waals surface area contributed by atoms with Gasteiger partial charge in [0.25, 0.3) is 0 Å². The van der Waals surface area contributed by atoms with E-state index in [1.54, 1.807) is 42.3 Å². The Labute approximate surface area is 182 Å². The molecule has 31 heavy (non-hydrogen) atoms. The average Bonchev–Trinajstić information content (AvgIpc) is 2.83. The zero-order valence-corrected chi connectivity index (χ0v) is 17.4. The van der Waals surface area contributed by atoms with Gasteiger partial charge in [-0.15, -0.1) is 0 Å². The predicted molar refractivity (Wildman–Crippen MR) is 111 cm³/mol.